The van der Waals surface area contributed by atoms with Crippen molar-refractivity contribution in [2.24, 2.45) is 0 Å². The zero-order valence-electron chi connectivity index (χ0n) is 17.3. The Kier molecular flexibility index (Phi) is 6.76. The summed E-state index contributed by atoms with van der Waals surface area (Å²) < 4.78 is 13.6. The SMILES string of the molecule is Cl.OC(COc1ccc2ccccc2c1)Cn1c(C2CCOCC2)nc2ccccc21. The van der Waals surface area contributed by atoms with E-state index in [1.54, 1.807) is 0 Å². The van der Waals surface area contributed by atoms with Crippen LogP contribution in [0.4, 0.5) is 0 Å². The van der Waals surface area contributed by atoms with Gasteiger partial charge in [0.2, 0.25) is 0 Å². The van der Waals surface area contributed by atoms with E-state index in [-0.39, 0.29) is 19.0 Å². The minimum atomic E-state index is -0.632. The van der Waals surface area contributed by atoms with Gasteiger partial charge in [-0.15, -0.1) is 12.4 Å². The summed E-state index contributed by atoms with van der Waals surface area (Å²) in [5, 5.41) is 13.1. The fourth-order valence-corrected chi connectivity index (χ4v) is 4.27. The molecule has 1 atom stereocenters. The second-order valence-corrected chi connectivity index (χ2v) is 7.93. The predicted octanol–water partition coefficient (Wildman–Crippen LogP) is 4.95. The molecule has 0 bridgehead atoms. The highest BCUT2D eigenvalue weighted by atomic mass is 35.5. The van der Waals surface area contributed by atoms with Gasteiger partial charge < -0.3 is 19.1 Å². The molecule has 2 heterocycles. The Morgan fingerprint density at radius 3 is 2.58 bits per heavy atom. The van der Waals surface area contributed by atoms with Gasteiger partial charge in [0.05, 0.1) is 17.6 Å². The minimum Gasteiger partial charge on any atom is -0.491 e. The van der Waals surface area contributed by atoms with Crippen molar-refractivity contribution in [1.29, 1.82) is 0 Å². The van der Waals surface area contributed by atoms with Crippen molar-refractivity contribution >= 4 is 34.2 Å². The van der Waals surface area contributed by atoms with Crippen LogP contribution in [0.25, 0.3) is 21.8 Å². The number of aliphatic hydroxyl groups is 1. The zero-order chi connectivity index (χ0) is 20.3. The van der Waals surface area contributed by atoms with Crippen molar-refractivity contribution in [3.63, 3.8) is 0 Å². The van der Waals surface area contributed by atoms with Gasteiger partial charge in [0.25, 0.3) is 0 Å². The van der Waals surface area contributed by atoms with Gasteiger partial charge in [0, 0.05) is 19.1 Å². The van der Waals surface area contributed by atoms with Crippen molar-refractivity contribution < 1.29 is 14.6 Å². The van der Waals surface area contributed by atoms with E-state index in [0.717, 1.165) is 54.0 Å². The average molecular weight is 439 g/mol. The summed E-state index contributed by atoms with van der Waals surface area (Å²) in [5.41, 5.74) is 2.03. The molecule has 1 aliphatic heterocycles. The number of imidazole rings is 1. The molecule has 1 aliphatic rings. The molecule has 162 valence electrons. The highest BCUT2D eigenvalue weighted by molar-refractivity contribution is 5.85. The molecule has 1 fully saturated rings. The Balaban J connectivity index is 0.00000231. The van der Waals surface area contributed by atoms with Crippen LogP contribution in [0.5, 0.6) is 5.75 Å². The zero-order valence-corrected chi connectivity index (χ0v) is 18.1. The maximum absolute atomic E-state index is 10.8. The van der Waals surface area contributed by atoms with E-state index in [1.165, 1.54) is 5.39 Å². The first-order chi connectivity index (χ1) is 14.8. The number of aliphatic hydroxyl groups excluding tert-OH is 1. The number of hydrogen-bond acceptors (Lipinski definition) is 4. The van der Waals surface area contributed by atoms with E-state index in [4.69, 9.17) is 14.5 Å². The minimum absolute atomic E-state index is 0. The molecule has 1 saturated heterocycles. The fourth-order valence-electron chi connectivity index (χ4n) is 4.27. The third-order valence-electron chi connectivity index (χ3n) is 5.83. The molecule has 0 saturated carbocycles. The summed E-state index contributed by atoms with van der Waals surface area (Å²) >= 11 is 0. The number of benzene rings is 3. The standard InChI is InChI=1S/C25H26N2O3.ClH/c28-21(17-30-22-10-9-18-5-1-2-6-20(18)15-22)16-27-24-8-4-3-7-23(24)26-25(27)19-11-13-29-14-12-19;/h1-10,15,19,21,28H,11-14,16-17H2;1H. The third kappa shape index (κ3) is 4.69. The van der Waals surface area contributed by atoms with Crippen LogP contribution in [0.2, 0.25) is 0 Å². The molecule has 0 spiro atoms. The van der Waals surface area contributed by atoms with E-state index in [1.807, 2.05) is 48.5 Å². The Labute approximate surface area is 188 Å². The number of halogens is 1. The van der Waals surface area contributed by atoms with Crippen molar-refractivity contribution in [1.82, 2.24) is 9.55 Å². The summed E-state index contributed by atoms with van der Waals surface area (Å²) in [4.78, 5) is 4.90. The first-order valence-electron chi connectivity index (χ1n) is 10.6. The maximum Gasteiger partial charge on any atom is 0.120 e. The lowest BCUT2D eigenvalue weighted by Gasteiger charge is -2.23. The van der Waals surface area contributed by atoms with E-state index in [9.17, 15) is 5.11 Å². The monoisotopic (exact) mass is 438 g/mol. The van der Waals surface area contributed by atoms with Gasteiger partial charge in [-0.1, -0.05) is 42.5 Å². The van der Waals surface area contributed by atoms with Crippen LogP contribution in [-0.2, 0) is 11.3 Å². The molecular formula is C25H27ClN2O3. The lowest BCUT2D eigenvalue weighted by atomic mass is 9.99. The Morgan fingerprint density at radius 2 is 1.74 bits per heavy atom. The van der Waals surface area contributed by atoms with Gasteiger partial charge in [-0.3, -0.25) is 0 Å². The average Bonchev–Trinajstić information content (AvgIpc) is 3.16. The maximum atomic E-state index is 10.8. The Morgan fingerprint density at radius 1 is 1.00 bits per heavy atom. The predicted molar refractivity (Wildman–Crippen MR) is 125 cm³/mol. The molecule has 1 N–H and O–H groups in total. The van der Waals surface area contributed by atoms with Crippen LogP contribution in [0.1, 0.15) is 24.6 Å². The molecule has 5 rings (SSSR count). The summed E-state index contributed by atoms with van der Waals surface area (Å²) in [6.07, 6.45) is 1.30. The highest BCUT2D eigenvalue weighted by Crippen LogP contribution is 2.29. The van der Waals surface area contributed by atoms with Gasteiger partial charge >= 0.3 is 0 Å². The molecule has 31 heavy (non-hydrogen) atoms. The number of hydrogen-bond donors (Lipinski definition) is 1. The van der Waals surface area contributed by atoms with E-state index in [2.05, 4.69) is 22.8 Å². The number of fused-ring (bicyclic) bond motifs is 2. The van der Waals surface area contributed by atoms with Crippen molar-refractivity contribution in [3.05, 3.63) is 72.6 Å². The van der Waals surface area contributed by atoms with Crippen LogP contribution in [-0.4, -0.2) is 40.6 Å². The summed E-state index contributed by atoms with van der Waals surface area (Å²) in [7, 11) is 0. The number of nitrogens with zero attached hydrogens (tertiary/aromatic N) is 2. The number of rotatable bonds is 6. The third-order valence-corrected chi connectivity index (χ3v) is 5.83. The van der Waals surface area contributed by atoms with Crippen molar-refractivity contribution in [3.8, 4) is 5.75 Å². The van der Waals surface area contributed by atoms with Crippen LogP contribution in [0.15, 0.2) is 66.7 Å². The van der Waals surface area contributed by atoms with Crippen LogP contribution in [0, 0.1) is 0 Å². The quantitative estimate of drug-likeness (QED) is 0.463. The lowest BCUT2D eigenvalue weighted by Crippen LogP contribution is -2.26. The fraction of sp³-hybridized carbons (Fsp3) is 0.320. The number of aromatic nitrogens is 2. The number of ether oxygens (including phenoxy) is 2. The molecule has 0 radical (unpaired) electrons. The molecule has 0 amide bonds. The molecule has 5 nitrogen and oxygen atoms in total. The van der Waals surface area contributed by atoms with Gasteiger partial charge in [-0.2, -0.15) is 0 Å². The van der Waals surface area contributed by atoms with Crippen LogP contribution >= 0.6 is 12.4 Å². The summed E-state index contributed by atoms with van der Waals surface area (Å²) in [6.45, 7) is 2.22. The van der Waals surface area contributed by atoms with Crippen LogP contribution in [0.3, 0.4) is 0 Å². The number of para-hydroxylation sites is 2. The Bertz CT molecular complexity index is 1150. The van der Waals surface area contributed by atoms with Crippen molar-refractivity contribution in [2.75, 3.05) is 19.8 Å². The molecule has 6 heteroatoms. The van der Waals surface area contributed by atoms with Gasteiger partial charge in [-0.05, 0) is 47.9 Å². The van der Waals surface area contributed by atoms with E-state index in [0.29, 0.717) is 12.5 Å². The molecular weight excluding hydrogens is 412 g/mol. The van der Waals surface area contributed by atoms with Crippen LogP contribution < -0.4 is 4.74 Å². The summed E-state index contributed by atoms with van der Waals surface area (Å²) in [6, 6.07) is 22.3. The first kappa shape index (κ1) is 21.6. The topological polar surface area (TPSA) is 56.5 Å². The van der Waals surface area contributed by atoms with E-state index < -0.39 is 6.10 Å². The van der Waals surface area contributed by atoms with Crippen molar-refractivity contribution in [2.45, 2.75) is 31.4 Å². The molecule has 1 aromatic heterocycles. The van der Waals surface area contributed by atoms with E-state index >= 15 is 0 Å². The highest BCUT2D eigenvalue weighted by Gasteiger charge is 2.24. The largest absolute Gasteiger partial charge is 0.491 e. The molecule has 0 aliphatic carbocycles. The summed E-state index contributed by atoms with van der Waals surface area (Å²) in [5.74, 6) is 2.18. The normalized spacial score (nSPS) is 15.6. The second kappa shape index (κ2) is 9.69. The van der Waals surface area contributed by atoms with Gasteiger partial charge in [0.15, 0.2) is 0 Å². The molecule has 4 aromatic rings. The Hall–Kier alpha value is -2.60. The molecule has 1 unspecified atom stereocenters. The second-order valence-electron chi connectivity index (χ2n) is 7.93. The van der Waals surface area contributed by atoms with Gasteiger partial charge in [-0.25, -0.2) is 4.98 Å². The molecule has 3 aromatic carbocycles. The lowest BCUT2D eigenvalue weighted by molar-refractivity contribution is 0.0780. The smallest absolute Gasteiger partial charge is 0.120 e. The van der Waals surface area contributed by atoms with Gasteiger partial charge in [0.1, 0.15) is 24.3 Å². The first-order valence-corrected chi connectivity index (χ1v) is 10.6.